The number of nitrogens with one attached hydrogen (secondary N) is 1. The van der Waals surface area contributed by atoms with Crippen LogP contribution in [0.1, 0.15) is 6.42 Å². The summed E-state index contributed by atoms with van der Waals surface area (Å²) in [7, 11) is 0. The normalized spacial score (nSPS) is 10.6. The molecule has 7 nitrogen and oxygen atoms in total. The van der Waals surface area contributed by atoms with Crippen molar-refractivity contribution in [2.24, 2.45) is 5.73 Å². The average molecular weight is 431 g/mol. The fraction of sp³-hybridized carbons (Fsp3) is 0.308. The van der Waals surface area contributed by atoms with Crippen LogP contribution in [0.25, 0.3) is 11.0 Å². The van der Waals surface area contributed by atoms with Crippen molar-refractivity contribution < 1.29 is 4.92 Å². The zero-order valence-electron chi connectivity index (χ0n) is 11.5. The van der Waals surface area contributed by atoms with Gasteiger partial charge in [0, 0.05) is 11.0 Å². The number of nitrogens with zero attached hydrogens (tertiary/aromatic N) is 3. The minimum absolute atomic E-state index is 0.0954. The molecule has 1 heterocycles. The van der Waals surface area contributed by atoms with E-state index in [9.17, 15) is 10.1 Å². The molecule has 0 fully saturated rings. The van der Waals surface area contributed by atoms with Crippen LogP contribution in [0.15, 0.2) is 15.0 Å². The Morgan fingerprint density at radius 2 is 2.27 bits per heavy atom. The number of nitrogens with two attached hydrogens (primary N) is 1. The van der Waals surface area contributed by atoms with E-state index in [0.717, 1.165) is 6.42 Å². The molecular formula is C13H13Br2N5O2. The van der Waals surface area contributed by atoms with Gasteiger partial charge in [-0.05, 0) is 50.9 Å². The minimum Gasteiger partial charge on any atom is -0.356 e. The van der Waals surface area contributed by atoms with Crippen molar-refractivity contribution in [3.8, 4) is 12.3 Å². The number of nitro benzene ring substituents is 1. The molecule has 0 aliphatic heterocycles. The summed E-state index contributed by atoms with van der Waals surface area (Å²) in [6, 6.07) is 1.75. The lowest BCUT2D eigenvalue weighted by Gasteiger charge is -2.07. The highest BCUT2D eigenvalue weighted by molar-refractivity contribution is 9.13. The van der Waals surface area contributed by atoms with Gasteiger partial charge in [0.2, 0.25) is 5.95 Å². The van der Waals surface area contributed by atoms with Crippen LogP contribution in [0.2, 0.25) is 0 Å². The maximum atomic E-state index is 11.4. The molecule has 0 aliphatic carbocycles. The third kappa shape index (κ3) is 3.09. The molecule has 0 atom stereocenters. The molecule has 0 unspecified atom stereocenters. The first-order chi connectivity index (χ1) is 10.5. The van der Waals surface area contributed by atoms with E-state index in [0.29, 0.717) is 33.5 Å². The summed E-state index contributed by atoms with van der Waals surface area (Å²) in [5.41, 5.74) is 6.25. The molecule has 2 aromatic rings. The van der Waals surface area contributed by atoms with Crippen LogP contribution in [-0.4, -0.2) is 27.6 Å². The van der Waals surface area contributed by atoms with E-state index in [-0.39, 0.29) is 17.7 Å². The molecule has 0 saturated heterocycles. The molecule has 0 radical (unpaired) electrons. The summed E-state index contributed by atoms with van der Waals surface area (Å²) in [4.78, 5) is 15.2. The van der Waals surface area contributed by atoms with Crippen molar-refractivity contribution in [1.82, 2.24) is 9.55 Å². The zero-order chi connectivity index (χ0) is 16.3. The third-order valence-electron chi connectivity index (χ3n) is 3.01. The van der Waals surface area contributed by atoms with Gasteiger partial charge in [0.15, 0.2) is 5.52 Å². The fourth-order valence-electron chi connectivity index (χ4n) is 2.04. The van der Waals surface area contributed by atoms with Crippen molar-refractivity contribution in [3.05, 3.63) is 25.1 Å². The predicted molar refractivity (Wildman–Crippen MR) is 92.8 cm³/mol. The van der Waals surface area contributed by atoms with E-state index in [1.54, 1.807) is 10.6 Å². The number of nitro groups is 1. The molecular weight excluding hydrogens is 418 g/mol. The SMILES string of the molecule is C#CCn1c(NCCCN)nc2c([N+](=O)[O-])c(Br)c(Br)cc21. The quantitative estimate of drug-likeness (QED) is 0.317. The molecule has 0 bridgehead atoms. The second-order valence-electron chi connectivity index (χ2n) is 4.44. The molecule has 0 spiro atoms. The van der Waals surface area contributed by atoms with Crippen LogP contribution in [0.5, 0.6) is 0 Å². The number of fused-ring (bicyclic) bond motifs is 1. The van der Waals surface area contributed by atoms with Gasteiger partial charge < -0.3 is 11.1 Å². The Balaban J connectivity index is 2.66. The Labute approximate surface area is 143 Å². The molecule has 0 amide bonds. The third-order valence-corrected chi connectivity index (χ3v) is 4.97. The van der Waals surface area contributed by atoms with E-state index in [1.165, 1.54) is 0 Å². The largest absolute Gasteiger partial charge is 0.356 e. The van der Waals surface area contributed by atoms with Gasteiger partial charge in [-0.2, -0.15) is 0 Å². The van der Waals surface area contributed by atoms with Crippen molar-refractivity contribution in [3.63, 3.8) is 0 Å². The Bertz CT molecular complexity index is 766. The fourth-order valence-corrected chi connectivity index (χ4v) is 2.89. The number of anilines is 1. The Kier molecular flexibility index (Phi) is 5.39. The standard InChI is InChI=1S/C13H13Br2N5O2/c1-2-6-19-9-7-8(14)10(15)12(20(21)22)11(9)18-13(19)17-5-3-4-16/h1,7H,3-6,16H2,(H,17,18). The highest BCUT2D eigenvalue weighted by Gasteiger charge is 2.25. The maximum Gasteiger partial charge on any atom is 0.312 e. The summed E-state index contributed by atoms with van der Waals surface area (Å²) in [5, 5.41) is 14.5. The van der Waals surface area contributed by atoms with E-state index in [2.05, 4.69) is 48.1 Å². The van der Waals surface area contributed by atoms with Gasteiger partial charge >= 0.3 is 5.69 Å². The second kappa shape index (κ2) is 7.09. The highest BCUT2D eigenvalue weighted by Crippen LogP contribution is 2.39. The van der Waals surface area contributed by atoms with Crippen LogP contribution >= 0.6 is 31.9 Å². The monoisotopic (exact) mass is 429 g/mol. The summed E-state index contributed by atoms with van der Waals surface area (Å²) < 4.78 is 2.65. The van der Waals surface area contributed by atoms with Gasteiger partial charge in [-0.15, -0.1) is 6.42 Å². The number of terminal acetylenes is 1. The maximum absolute atomic E-state index is 11.4. The van der Waals surface area contributed by atoms with Crippen LogP contribution in [0.4, 0.5) is 11.6 Å². The van der Waals surface area contributed by atoms with E-state index in [1.807, 2.05) is 0 Å². The number of halogens is 2. The highest BCUT2D eigenvalue weighted by atomic mass is 79.9. The Morgan fingerprint density at radius 3 is 2.86 bits per heavy atom. The number of hydrogen-bond acceptors (Lipinski definition) is 5. The lowest BCUT2D eigenvalue weighted by molar-refractivity contribution is -0.384. The zero-order valence-corrected chi connectivity index (χ0v) is 14.6. The predicted octanol–water partition coefficient (Wildman–Crippen LogP) is 2.86. The Morgan fingerprint density at radius 1 is 1.55 bits per heavy atom. The van der Waals surface area contributed by atoms with E-state index < -0.39 is 4.92 Å². The second-order valence-corrected chi connectivity index (χ2v) is 6.09. The smallest absolute Gasteiger partial charge is 0.312 e. The lowest BCUT2D eigenvalue weighted by Crippen LogP contribution is -2.12. The van der Waals surface area contributed by atoms with Crippen molar-refractivity contribution in [2.75, 3.05) is 18.4 Å². The van der Waals surface area contributed by atoms with Gasteiger partial charge in [0.05, 0.1) is 17.0 Å². The first-order valence-electron chi connectivity index (χ1n) is 6.41. The van der Waals surface area contributed by atoms with Gasteiger partial charge in [0.25, 0.3) is 0 Å². The van der Waals surface area contributed by atoms with Crippen LogP contribution < -0.4 is 11.1 Å². The number of aromatic nitrogens is 2. The molecule has 116 valence electrons. The Hall–Kier alpha value is -1.63. The van der Waals surface area contributed by atoms with Crippen LogP contribution in [-0.2, 0) is 6.54 Å². The van der Waals surface area contributed by atoms with Gasteiger partial charge in [-0.3, -0.25) is 14.7 Å². The van der Waals surface area contributed by atoms with Gasteiger partial charge in [-0.25, -0.2) is 4.98 Å². The molecule has 1 aromatic carbocycles. The van der Waals surface area contributed by atoms with E-state index in [4.69, 9.17) is 12.2 Å². The summed E-state index contributed by atoms with van der Waals surface area (Å²) in [6.07, 6.45) is 6.16. The average Bonchev–Trinajstić information content (AvgIpc) is 2.78. The molecule has 2 rings (SSSR count). The molecule has 0 saturated carbocycles. The molecule has 22 heavy (non-hydrogen) atoms. The van der Waals surface area contributed by atoms with Crippen molar-refractivity contribution in [1.29, 1.82) is 0 Å². The first-order valence-corrected chi connectivity index (χ1v) is 7.99. The summed E-state index contributed by atoms with van der Waals surface area (Å²) in [6.45, 7) is 1.41. The van der Waals surface area contributed by atoms with E-state index >= 15 is 0 Å². The number of benzene rings is 1. The molecule has 3 N–H and O–H groups in total. The first kappa shape index (κ1) is 16.7. The lowest BCUT2D eigenvalue weighted by atomic mass is 10.2. The minimum atomic E-state index is -0.464. The van der Waals surface area contributed by atoms with Crippen LogP contribution in [0, 0.1) is 22.5 Å². The van der Waals surface area contributed by atoms with Crippen LogP contribution in [0.3, 0.4) is 0 Å². The topological polar surface area (TPSA) is 99.0 Å². The number of rotatable bonds is 6. The van der Waals surface area contributed by atoms with Gasteiger partial charge in [0.1, 0.15) is 4.47 Å². The van der Waals surface area contributed by atoms with Crippen molar-refractivity contribution in [2.45, 2.75) is 13.0 Å². The molecule has 0 aliphatic rings. The molecule has 9 heteroatoms. The summed E-state index contributed by atoms with van der Waals surface area (Å²) >= 11 is 6.54. The molecule has 1 aromatic heterocycles. The number of imidazole rings is 1. The number of hydrogen-bond donors (Lipinski definition) is 2. The van der Waals surface area contributed by atoms with Crippen molar-refractivity contribution >= 4 is 54.5 Å². The summed E-state index contributed by atoms with van der Waals surface area (Å²) in [5.74, 6) is 3.03. The van der Waals surface area contributed by atoms with Gasteiger partial charge in [-0.1, -0.05) is 5.92 Å².